The maximum absolute atomic E-state index is 12.7. The number of rotatable bonds is 5. The van der Waals surface area contributed by atoms with E-state index in [1.54, 1.807) is 35.0 Å². The quantitative estimate of drug-likeness (QED) is 0.657. The molecule has 0 aliphatic heterocycles. The molecule has 2 aromatic rings. The Hall–Kier alpha value is -3.03. The van der Waals surface area contributed by atoms with Crippen LogP contribution in [-0.4, -0.2) is 39.1 Å². The molecule has 0 aliphatic carbocycles. The lowest BCUT2D eigenvalue weighted by atomic mass is 10.3. The van der Waals surface area contributed by atoms with Crippen molar-refractivity contribution in [3.8, 4) is 0 Å². The molecular weight excluding hydrogens is 296 g/mol. The molecule has 0 fully saturated rings. The highest BCUT2D eigenvalue weighted by molar-refractivity contribution is 6.05. The van der Waals surface area contributed by atoms with E-state index >= 15 is 0 Å². The molecule has 8 heteroatoms. The van der Waals surface area contributed by atoms with Crippen molar-refractivity contribution >= 4 is 23.7 Å². The van der Waals surface area contributed by atoms with Gasteiger partial charge in [-0.3, -0.25) is 14.6 Å². The van der Waals surface area contributed by atoms with Crippen molar-refractivity contribution in [2.45, 2.75) is 13.8 Å². The molecule has 8 nitrogen and oxygen atoms in total. The standard InChI is InChI=1S/C15H18N6O2/c1-4-21(12-6-5-7-16-8-12)15(23)13-9-17-14(20(13)3)10-18-19-11(2)22/h5-10H,4H2,1-3H3,(H,19,22)/b18-10+. The van der Waals surface area contributed by atoms with Gasteiger partial charge in [-0.15, -0.1) is 0 Å². The SMILES string of the molecule is CCN(C(=O)c1cnc(/C=N/NC(C)=O)n1C)c1cccnc1. The van der Waals surface area contributed by atoms with Gasteiger partial charge in [0.15, 0.2) is 5.82 Å². The van der Waals surface area contributed by atoms with Gasteiger partial charge in [-0.05, 0) is 19.1 Å². The summed E-state index contributed by atoms with van der Waals surface area (Å²) in [4.78, 5) is 33.3. The largest absolute Gasteiger partial charge is 0.322 e. The second-order valence-electron chi connectivity index (χ2n) is 4.75. The second kappa shape index (κ2) is 7.30. The van der Waals surface area contributed by atoms with Crippen LogP contribution in [0.15, 0.2) is 35.8 Å². The van der Waals surface area contributed by atoms with Crippen molar-refractivity contribution in [3.05, 3.63) is 42.2 Å². The zero-order valence-electron chi connectivity index (χ0n) is 13.2. The van der Waals surface area contributed by atoms with E-state index < -0.39 is 0 Å². The normalized spacial score (nSPS) is 10.7. The maximum Gasteiger partial charge on any atom is 0.276 e. The third kappa shape index (κ3) is 3.79. The fourth-order valence-corrected chi connectivity index (χ4v) is 2.02. The minimum absolute atomic E-state index is 0.185. The Kier molecular flexibility index (Phi) is 5.19. The van der Waals surface area contributed by atoms with Crippen LogP contribution < -0.4 is 10.3 Å². The van der Waals surface area contributed by atoms with Crippen molar-refractivity contribution in [2.75, 3.05) is 11.4 Å². The van der Waals surface area contributed by atoms with Crippen LogP contribution >= 0.6 is 0 Å². The first kappa shape index (κ1) is 16.3. The summed E-state index contributed by atoms with van der Waals surface area (Å²) < 4.78 is 1.62. The zero-order chi connectivity index (χ0) is 16.8. The molecule has 0 saturated carbocycles. The van der Waals surface area contributed by atoms with E-state index in [1.807, 2.05) is 13.0 Å². The summed E-state index contributed by atoms with van der Waals surface area (Å²) in [6.07, 6.45) is 6.16. The fraction of sp³-hybridized carbons (Fsp3) is 0.267. The van der Waals surface area contributed by atoms with Gasteiger partial charge in [0, 0.05) is 26.7 Å². The highest BCUT2D eigenvalue weighted by atomic mass is 16.2. The number of nitrogens with one attached hydrogen (secondary N) is 1. The molecule has 2 rings (SSSR count). The van der Waals surface area contributed by atoms with Gasteiger partial charge in [0.25, 0.3) is 5.91 Å². The number of hydrogen-bond donors (Lipinski definition) is 1. The number of amides is 2. The van der Waals surface area contributed by atoms with E-state index in [-0.39, 0.29) is 11.8 Å². The van der Waals surface area contributed by atoms with Gasteiger partial charge < -0.3 is 9.47 Å². The number of imidazole rings is 1. The summed E-state index contributed by atoms with van der Waals surface area (Å²) in [5, 5.41) is 3.76. The van der Waals surface area contributed by atoms with Gasteiger partial charge in [0.1, 0.15) is 5.69 Å². The van der Waals surface area contributed by atoms with Crippen molar-refractivity contribution in [3.63, 3.8) is 0 Å². The number of hydrazone groups is 1. The molecule has 0 atom stereocenters. The van der Waals surface area contributed by atoms with Crippen molar-refractivity contribution in [1.82, 2.24) is 20.0 Å². The Morgan fingerprint density at radius 3 is 2.83 bits per heavy atom. The van der Waals surface area contributed by atoms with Gasteiger partial charge in [0.2, 0.25) is 5.91 Å². The zero-order valence-corrected chi connectivity index (χ0v) is 13.2. The summed E-state index contributed by atoms with van der Waals surface area (Å²) in [7, 11) is 1.71. The second-order valence-corrected chi connectivity index (χ2v) is 4.75. The minimum atomic E-state index is -0.277. The van der Waals surface area contributed by atoms with E-state index in [4.69, 9.17) is 0 Å². The molecule has 2 aromatic heterocycles. The van der Waals surface area contributed by atoms with Crippen LogP contribution in [0, 0.1) is 0 Å². The van der Waals surface area contributed by atoms with E-state index in [1.165, 1.54) is 19.3 Å². The number of carbonyl (C=O) groups excluding carboxylic acids is 2. The van der Waals surface area contributed by atoms with Crippen molar-refractivity contribution < 1.29 is 9.59 Å². The predicted octanol–water partition coefficient (Wildman–Crippen LogP) is 0.952. The van der Waals surface area contributed by atoms with Crippen LogP contribution in [0.25, 0.3) is 0 Å². The molecule has 0 aromatic carbocycles. The summed E-state index contributed by atoms with van der Waals surface area (Å²) in [6, 6.07) is 3.60. The van der Waals surface area contributed by atoms with Crippen LogP contribution in [0.5, 0.6) is 0 Å². The topological polar surface area (TPSA) is 92.5 Å². The molecule has 1 N–H and O–H groups in total. The highest BCUT2D eigenvalue weighted by Crippen LogP contribution is 2.15. The molecular formula is C15H18N6O2. The molecule has 0 saturated heterocycles. The first-order valence-corrected chi connectivity index (χ1v) is 7.07. The van der Waals surface area contributed by atoms with Crippen LogP contribution in [0.3, 0.4) is 0 Å². The van der Waals surface area contributed by atoms with Gasteiger partial charge >= 0.3 is 0 Å². The summed E-state index contributed by atoms with van der Waals surface area (Å²) in [6.45, 7) is 3.75. The number of carbonyl (C=O) groups is 2. The molecule has 2 heterocycles. The van der Waals surface area contributed by atoms with Gasteiger partial charge in [-0.25, -0.2) is 10.4 Å². The number of aromatic nitrogens is 3. The molecule has 120 valence electrons. The lowest BCUT2D eigenvalue weighted by Gasteiger charge is -2.20. The van der Waals surface area contributed by atoms with Crippen LogP contribution in [-0.2, 0) is 11.8 Å². The molecule has 23 heavy (non-hydrogen) atoms. The summed E-state index contributed by atoms with van der Waals surface area (Å²) in [5.74, 6) is -0.000452. The lowest BCUT2D eigenvalue weighted by Crippen LogP contribution is -2.32. The Bertz CT molecular complexity index is 723. The number of hydrogen-bond acceptors (Lipinski definition) is 5. The van der Waals surface area contributed by atoms with Crippen LogP contribution in [0.1, 0.15) is 30.2 Å². The van der Waals surface area contributed by atoms with Gasteiger partial charge in [-0.1, -0.05) is 0 Å². The van der Waals surface area contributed by atoms with E-state index in [0.29, 0.717) is 18.1 Å². The minimum Gasteiger partial charge on any atom is -0.322 e. The van der Waals surface area contributed by atoms with Crippen molar-refractivity contribution in [2.24, 2.45) is 12.1 Å². The fourth-order valence-electron chi connectivity index (χ4n) is 2.02. The Balaban J connectivity index is 2.24. The molecule has 0 radical (unpaired) electrons. The molecule has 0 spiro atoms. The molecule has 0 bridgehead atoms. The number of pyridine rings is 1. The van der Waals surface area contributed by atoms with E-state index in [0.717, 1.165) is 5.69 Å². The van der Waals surface area contributed by atoms with Crippen LogP contribution in [0.2, 0.25) is 0 Å². The Labute approximate surface area is 133 Å². The average molecular weight is 314 g/mol. The number of anilines is 1. The van der Waals surface area contributed by atoms with Gasteiger partial charge in [0.05, 0.1) is 24.3 Å². The Morgan fingerprint density at radius 1 is 1.43 bits per heavy atom. The molecule has 0 aliphatic rings. The monoisotopic (exact) mass is 314 g/mol. The van der Waals surface area contributed by atoms with E-state index in [2.05, 4.69) is 20.5 Å². The molecule has 2 amide bonds. The smallest absolute Gasteiger partial charge is 0.276 e. The third-order valence-electron chi connectivity index (χ3n) is 3.16. The summed E-state index contributed by atoms with van der Waals surface area (Å²) >= 11 is 0. The predicted molar refractivity (Wildman–Crippen MR) is 86.2 cm³/mol. The van der Waals surface area contributed by atoms with E-state index in [9.17, 15) is 9.59 Å². The van der Waals surface area contributed by atoms with Gasteiger partial charge in [-0.2, -0.15) is 5.10 Å². The first-order chi connectivity index (χ1) is 11.0. The molecule has 0 unspecified atom stereocenters. The van der Waals surface area contributed by atoms with Crippen molar-refractivity contribution in [1.29, 1.82) is 0 Å². The number of nitrogens with zero attached hydrogens (tertiary/aromatic N) is 5. The Morgan fingerprint density at radius 2 is 2.22 bits per heavy atom. The summed E-state index contributed by atoms with van der Waals surface area (Å²) in [5.41, 5.74) is 3.43. The maximum atomic E-state index is 12.7. The average Bonchev–Trinajstić information content (AvgIpc) is 2.90. The lowest BCUT2D eigenvalue weighted by molar-refractivity contribution is -0.118. The third-order valence-corrected chi connectivity index (χ3v) is 3.16. The highest BCUT2D eigenvalue weighted by Gasteiger charge is 2.20. The van der Waals surface area contributed by atoms with Crippen LogP contribution in [0.4, 0.5) is 5.69 Å². The first-order valence-electron chi connectivity index (χ1n) is 7.07.